The van der Waals surface area contributed by atoms with Crippen LogP contribution in [0.1, 0.15) is 34.6 Å². The van der Waals surface area contributed by atoms with Gasteiger partial charge < -0.3 is 14.5 Å². The first-order valence-electron chi connectivity index (χ1n) is 5.96. The van der Waals surface area contributed by atoms with Crippen LogP contribution in [0.5, 0.6) is 0 Å². The van der Waals surface area contributed by atoms with Gasteiger partial charge in [0, 0.05) is 20.1 Å². The van der Waals surface area contributed by atoms with E-state index in [1.165, 1.54) is 0 Å². The maximum atomic E-state index is 11.6. The van der Waals surface area contributed by atoms with E-state index < -0.39 is 5.60 Å². The van der Waals surface area contributed by atoms with Gasteiger partial charge in [-0.1, -0.05) is 13.8 Å². The highest BCUT2D eigenvalue weighted by Crippen LogP contribution is 2.08. The Bertz CT molecular complexity index is 208. The van der Waals surface area contributed by atoms with Gasteiger partial charge in [0.05, 0.1) is 0 Å². The summed E-state index contributed by atoms with van der Waals surface area (Å²) in [4.78, 5) is 15.5. The number of rotatable bonds is 5. The number of nitrogens with zero attached hydrogens (tertiary/aromatic N) is 2. The monoisotopic (exact) mass is 230 g/mol. The predicted octanol–water partition coefficient (Wildman–Crippen LogP) is 2.20. The van der Waals surface area contributed by atoms with Gasteiger partial charge in [0.25, 0.3) is 0 Å². The van der Waals surface area contributed by atoms with Crippen LogP contribution in [0.15, 0.2) is 0 Å². The van der Waals surface area contributed by atoms with Gasteiger partial charge in [0.2, 0.25) is 0 Å². The molecular weight excluding hydrogens is 204 g/mol. The van der Waals surface area contributed by atoms with Crippen molar-refractivity contribution in [3.05, 3.63) is 0 Å². The van der Waals surface area contributed by atoms with Crippen LogP contribution in [0, 0.1) is 0 Å². The van der Waals surface area contributed by atoms with Gasteiger partial charge in [-0.05, 0) is 33.9 Å². The normalized spacial score (nSPS) is 11.7. The molecule has 0 spiro atoms. The molecule has 0 aliphatic carbocycles. The summed E-state index contributed by atoms with van der Waals surface area (Å²) < 4.78 is 5.27. The zero-order valence-corrected chi connectivity index (χ0v) is 11.5. The molecule has 0 atom stereocenters. The fourth-order valence-electron chi connectivity index (χ4n) is 1.26. The lowest BCUT2D eigenvalue weighted by Crippen LogP contribution is -2.39. The van der Waals surface area contributed by atoms with E-state index in [0.29, 0.717) is 6.54 Å². The Balaban J connectivity index is 3.97. The fourth-order valence-corrected chi connectivity index (χ4v) is 1.26. The molecule has 0 saturated heterocycles. The average Bonchev–Trinajstić information content (AvgIpc) is 2.16. The SMILES string of the molecule is CCN(CC)CCN(C)C(=O)OC(C)(C)C. The highest BCUT2D eigenvalue weighted by molar-refractivity contribution is 5.67. The van der Waals surface area contributed by atoms with Crippen LogP contribution >= 0.6 is 0 Å². The maximum absolute atomic E-state index is 11.6. The third-order valence-electron chi connectivity index (χ3n) is 2.35. The van der Waals surface area contributed by atoms with Crippen LogP contribution in [-0.2, 0) is 4.74 Å². The minimum absolute atomic E-state index is 0.250. The van der Waals surface area contributed by atoms with Crippen LogP contribution in [0.2, 0.25) is 0 Å². The molecule has 0 rings (SSSR count). The summed E-state index contributed by atoms with van der Waals surface area (Å²) in [5.74, 6) is 0. The van der Waals surface area contributed by atoms with Gasteiger partial charge in [0.15, 0.2) is 0 Å². The lowest BCUT2D eigenvalue weighted by Gasteiger charge is -2.26. The highest BCUT2D eigenvalue weighted by atomic mass is 16.6. The Hall–Kier alpha value is -0.770. The molecule has 0 saturated carbocycles. The van der Waals surface area contributed by atoms with E-state index in [2.05, 4.69) is 18.7 Å². The van der Waals surface area contributed by atoms with Crippen molar-refractivity contribution < 1.29 is 9.53 Å². The second kappa shape index (κ2) is 6.74. The molecule has 4 heteroatoms. The van der Waals surface area contributed by atoms with E-state index in [1.54, 1.807) is 11.9 Å². The number of hydrogen-bond donors (Lipinski definition) is 0. The van der Waals surface area contributed by atoms with Crippen LogP contribution in [-0.4, -0.2) is 54.7 Å². The third-order valence-corrected chi connectivity index (χ3v) is 2.35. The van der Waals surface area contributed by atoms with E-state index in [0.717, 1.165) is 19.6 Å². The van der Waals surface area contributed by atoms with E-state index in [4.69, 9.17) is 4.74 Å². The molecule has 16 heavy (non-hydrogen) atoms. The second-order valence-electron chi connectivity index (χ2n) is 4.93. The molecule has 0 unspecified atom stereocenters. The molecule has 0 aromatic rings. The minimum atomic E-state index is -0.416. The number of carbonyl (C=O) groups is 1. The fraction of sp³-hybridized carbons (Fsp3) is 0.917. The first-order chi connectivity index (χ1) is 7.30. The zero-order valence-electron chi connectivity index (χ0n) is 11.5. The number of hydrogen-bond acceptors (Lipinski definition) is 3. The summed E-state index contributed by atoms with van der Waals surface area (Å²) in [7, 11) is 1.78. The number of likely N-dealkylation sites (N-methyl/N-ethyl adjacent to an activating group) is 2. The molecule has 96 valence electrons. The van der Waals surface area contributed by atoms with E-state index in [9.17, 15) is 4.79 Å². The molecular formula is C12H26N2O2. The van der Waals surface area contributed by atoms with Crippen molar-refractivity contribution in [3.63, 3.8) is 0 Å². The standard InChI is InChI=1S/C12H26N2O2/c1-7-14(8-2)10-9-13(6)11(15)16-12(3,4)5/h7-10H2,1-6H3. The molecule has 0 fully saturated rings. The summed E-state index contributed by atoms with van der Waals surface area (Å²) >= 11 is 0. The number of ether oxygens (including phenoxy) is 1. The summed E-state index contributed by atoms with van der Waals surface area (Å²) in [6.45, 7) is 13.5. The summed E-state index contributed by atoms with van der Waals surface area (Å²) in [6, 6.07) is 0. The van der Waals surface area contributed by atoms with Crippen molar-refractivity contribution in [2.75, 3.05) is 33.2 Å². The van der Waals surface area contributed by atoms with Gasteiger partial charge >= 0.3 is 6.09 Å². The van der Waals surface area contributed by atoms with Crippen LogP contribution in [0.25, 0.3) is 0 Å². The quantitative estimate of drug-likeness (QED) is 0.726. The zero-order chi connectivity index (χ0) is 12.8. The summed E-state index contributed by atoms with van der Waals surface area (Å²) in [5.41, 5.74) is -0.416. The Labute approximate surface area is 99.5 Å². The highest BCUT2D eigenvalue weighted by Gasteiger charge is 2.19. The molecule has 0 bridgehead atoms. The van der Waals surface area contributed by atoms with Crippen LogP contribution in [0.4, 0.5) is 4.79 Å². The van der Waals surface area contributed by atoms with Gasteiger partial charge in [-0.2, -0.15) is 0 Å². The molecule has 0 aliphatic rings. The van der Waals surface area contributed by atoms with E-state index in [-0.39, 0.29) is 6.09 Å². The lowest BCUT2D eigenvalue weighted by atomic mass is 10.2. The average molecular weight is 230 g/mol. The first-order valence-corrected chi connectivity index (χ1v) is 5.96. The predicted molar refractivity (Wildman–Crippen MR) is 66.7 cm³/mol. The molecule has 0 radical (unpaired) electrons. The topological polar surface area (TPSA) is 32.8 Å². The second-order valence-corrected chi connectivity index (χ2v) is 4.93. The largest absolute Gasteiger partial charge is 0.444 e. The number of carbonyl (C=O) groups excluding carboxylic acids is 1. The van der Waals surface area contributed by atoms with Crippen molar-refractivity contribution in [1.29, 1.82) is 0 Å². The van der Waals surface area contributed by atoms with Gasteiger partial charge in [-0.3, -0.25) is 0 Å². The van der Waals surface area contributed by atoms with Crippen molar-refractivity contribution in [3.8, 4) is 0 Å². The Morgan fingerprint density at radius 3 is 2.00 bits per heavy atom. The maximum Gasteiger partial charge on any atom is 0.410 e. The van der Waals surface area contributed by atoms with Crippen molar-refractivity contribution in [2.24, 2.45) is 0 Å². The van der Waals surface area contributed by atoms with Crippen LogP contribution < -0.4 is 0 Å². The molecule has 0 aromatic carbocycles. The summed E-state index contributed by atoms with van der Waals surface area (Å²) in [5, 5.41) is 0. The van der Waals surface area contributed by atoms with Gasteiger partial charge in [-0.15, -0.1) is 0 Å². The summed E-state index contributed by atoms with van der Waals surface area (Å²) in [6.07, 6.45) is -0.250. The van der Waals surface area contributed by atoms with Crippen LogP contribution in [0.3, 0.4) is 0 Å². The van der Waals surface area contributed by atoms with Gasteiger partial charge in [-0.25, -0.2) is 4.79 Å². The van der Waals surface area contributed by atoms with Crippen molar-refractivity contribution in [2.45, 2.75) is 40.2 Å². The Morgan fingerprint density at radius 1 is 1.12 bits per heavy atom. The number of amides is 1. The third kappa shape index (κ3) is 6.67. The Morgan fingerprint density at radius 2 is 1.62 bits per heavy atom. The van der Waals surface area contributed by atoms with Crippen molar-refractivity contribution >= 4 is 6.09 Å². The van der Waals surface area contributed by atoms with E-state index >= 15 is 0 Å². The molecule has 0 aliphatic heterocycles. The Kier molecular flexibility index (Phi) is 6.41. The van der Waals surface area contributed by atoms with E-state index in [1.807, 2.05) is 20.8 Å². The lowest BCUT2D eigenvalue weighted by molar-refractivity contribution is 0.0285. The molecule has 0 aromatic heterocycles. The smallest absolute Gasteiger partial charge is 0.410 e. The molecule has 4 nitrogen and oxygen atoms in total. The first kappa shape index (κ1) is 15.2. The van der Waals surface area contributed by atoms with Crippen molar-refractivity contribution in [1.82, 2.24) is 9.80 Å². The molecule has 0 heterocycles. The molecule has 0 N–H and O–H groups in total. The van der Waals surface area contributed by atoms with Gasteiger partial charge in [0.1, 0.15) is 5.60 Å². The molecule has 1 amide bonds. The minimum Gasteiger partial charge on any atom is -0.444 e.